The number of hydrogen-bond acceptors (Lipinski definition) is 5. The lowest BCUT2D eigenvalue weighted by Crippen LogP contribution is -2.44. The molecule has 0 unspecified atom stereocenters. The Balaban J connectivity index is 1.87. The summed E-state index contributed by atoms with van der Waals surface area (Å²) in [7, 11) is -4.15. The van der Waals surface area contributed by atoms with E-state index in [1.807, 2.05) is 0 Å². The average molecular weight is 483 g/mol. The molecular formula is C21H20Cl2N2O5S. The van der Waals surface area contributed by atoms with Gasteiger partial charge in [0.25, 0.3) is 15.9 Å². The normalized spacial score (nSPS) is 13.3. The van der Waals surface area contributed by atoms with Crippen LogP contribution in [0, 0.1) is 0 Å². The van der Waals surface area contributed by atoms with Crippen molar-refractivity contribution in [2.45, 2.75) is 11.3 Å². The fourth-order valence-corrected chi connectivity index (χ4v) is 4.95. The third kappa shape index (κ3) is 5.20. The summed E-state index contributed by atoms with van der Waals surface area (Å²) in [6.07, 6.45) is 2.35. The Bertz CT molecular complexity index is 1100. The van der Waals surface area contributed by atoms with Gasteiger partial charge >= 0.3 is 5.97 Å². The van der Waals surface area contributed by atoms with E-state index in [2.05, 4.69) is 6.58 Å². The molecule has 1 heterocycles. The summed E-state index contributed by atoms with van der Waals surface area (Å²) in [5.41, 5.74) is 0.322. The van der Waals surface area contributed by atoms with E-state index in [0.717, 1.165) is 16.8 Å². The topological polar surface area (TPSA) is 84.0 Å². The van der Waals surface area contributed by atoms with Crippen LogP contribution in [0.25, 0.3) is 0 Å². The Morgan fingerprint density at radius 3 is 2.39 bits per heavy atom. The Kier molecular flexibility index (Phi) is 7.25. The van der Waals surface area contributed by atoms with Crippen molar-refractivity contribution in [3.63, 3.8) is 0 Å². The van der Waals surface area contributed by atoms with Gasteiger partial charge in [-0.1, -0.05) is 29.3 Å². The minimum absolute atomic E-state index is 0.0285. The van der Waals surface area contributed by atoms with Crippen LogP contribution in [0.4, 0.5) is 5.69 Å². The summed E-state index contributed by atoms with van der Waals surface area (Å²) in [4.78, 5) is 25.6. The fraction of sp³-hybridized carbons (Fsp3) is 0.238. The summed E-state index contributed by atoms with van der Waals surface area (Å²) >= 11 is 12.1. The van der Waals surface area contributed by atoms with Gasteiger partial charge in [-0.05, 0) is 48.9 Å². The standard InChI is InChI=1S/C21H20Cl2N2O5S/c1-2-10-25(17-7-5-16(22)6-8-17)31(28,29)19-13-15(4-9-18(19)23)21(27)30-14-20(26)24-11-3-12-24/h2,4-9,13H,1,3,10-12,14H2. The van der Waals surface area contributed by atoms with Crippen molar-refractivity contribution in [3.05, 3.63) is 70.7 Å². The van der Waals surface area contributed by atoms with Gasteiger partial charge in [0.1, 0.15) is 4.90 Å². The molecule has 1 aliphatic heterocycles. The molecule has 0 saturated carbocycles. The zero-order valence-electron chi connectivity index (χ0n) is 16.5. The molecule has 0 radical (unpaired) electrons. The summed E-state index contributed by atoms with van der Waals surface area (Å²) in [6, 6.07) is 10.0. The van der Waals surface area contributed by atoms with E-state index >= 15 is 0 Å². The lowest BCUT2D eigenvalue weighted by Gasteiger charge is -2.30. The quantitative estimate of drug-likeness (QED) is 0.422. The number of likely N-dealkylation sites (tertiary alicyclic amines) is 1. The van der Waals surface area contributed by atoms with Gasteiger partial charge in [-0.3, -0.25) is 9.10 Å². The Hall–Kier alpha value is -2.55. The molecule has 1 fully saturated rings. The van der Waals surface area contributed by atoms with Crippen molar-refractivity contribution in [2.24, 2.45) is 0 Å². The average Bonchev–Trinajstić information content (AvgIpc) is 2.70. The minimum atomic E-state index is -4.15. The number of nitrogens with zero attached hydrogens (tertiary/aromatic N) is 2. The van der Waals surface area contributed by atoms with Crippen molar-refractivity contribution < 1.29 is 22.7 Å². The third-order valence-corrected chi connectivity index (χ3v) is 7.21. The van der Waals surface area contributed by atoms with Crippen molar-refractivity contribution in [1.29, 1.82) is 0 Å². The number of carbonyl (C=O) groups is 2. The van der Waals surface area contributed by atoms with E-state index in [4.69, 9.17) is 27.9 Å². The van der Waals surface area contributed by atoms with Crippen LogP contribution in [-0.2, 0) is 19.6 Å². The van der Waals surface area contributed by atoms with E-state index in [0.29, 0.717) is 23.8 Å². The van der Waals surface area contributed by atoms with Gasteiger partial charge in [-0.2, -0.15) is 0 Å². The number of sulfonamides is 1. The SMILES string of the molecule is C=CCN(c1ccc(Cl)cc1)S(=O)(=O)c1cc(C(=O)OCC(=O)N2CCC2)ccc1Cl. The van der Waals surface area contributed by atoms with Crippen LogP contribution in [-0.4, -0.2) is 51.4 Å². The number of halogens is 2. The van der Waals surface area contributed by atoms with E-state index in [9.17, 15) is 18.0 Å². The fourth-order valence-electron chi connectivity index (χ4n) is 2.88. The second-order valence-electron chi connectivity index (χ2n) is 6.76. The Morgan fingerprint density at radius 2 is 1.81 bits per heavy atom. The summed E-state index contributed by atoms with van der Waals surface area (Å²) < 4.78 is 32.9. The van der Waals surface area contributed by atoms with E-state index in [1.54, 1.807) is 29.2 Å². The molecule has 2 aromatic rings. The molecule has 0 aliphatic carbocycles. The summed E-state index contributed by atoms with van der Waals surface area (Å²) in [5, 5.41) is 0.395. The molecule has 10 heteroatoms. The molecule has 31 heavy (non-hydrogen) atoms. The first-order chi connectivity index (χ1) is 14.7. The number of rotatable bonds is 8. The smallest absolute Gasteiger partial charge is 0.338 e. The maximum absolute atomic E-state index is 13.4. The van der Waals surface area contributed by atoms with Crippen LogP contribution in [0.1, 0.15) is 16.8 Å². The van der Waals surface area contributed by atoms with Gasteiger partial charge in [-0.15, -0.1) is 6.58 Å². The van der Waals surface area contributed by atoms with Crippen LogP contribution in [0.15, 0.2) is 60.0 Å². The van der Waals surface area contributed by atoms with Gasteiger partial charge in [0.15, 0.2) is 6.61 Å². The molecule has 2 aromatic carbocycles. The van der Waals surface area contributed by atoms with Gasteiger partial charge in [0.2, 0.25) is 0 Å². The number of amides is 1. The highest BCUT2D eigenvalue weighted by molar-refractivity contribution is 7.93. The zero-order chi connectivity index (χ0) is 22.6. The molecule has 0 N–H and O–H groups in total. The molecular weight excluding hydrogens is 463 g/mol. The first kappa shape index (κ1) is 23.1. The molecule has 0 aromatic heterocycles. The van der Waals surface area contributed by atoms with Crippen molar-refractivity contribution in [3.8, 4) is 0 Å². The number of esters is 1. The summed E-state index contributed by atoms with van der Waals surface area (Å²) in [6.45, 7) is 4.46. The largest absolute Gasteiger partial charge is 0.452 e. The van der Waals surface area contributed by atoms with Crippen LogP contribution >= 0.6 is 23.2 Å². The first-order valence-corrected chi connectivity index (χ1v) is 11.6. The lowest BCUT2D eigenvalue weighted by molar-refractivity contribution is -0.137. The predicted octanol–water partition coefficient (Wildman–Crippen LogP) is 3.76. The maximum Gasteiger partial charge on any atom is 0.338 e. The third-order valence-electron chi connectivity index (χ3n) is 4.68. The number of hydrogen-bond donors (Lipinski definition) is 0. The van der Waals surface area contributed by atoms with Crippen molar-refractivity contribution >= 4 is 50.8 Å². The first-order valence-electron chi connectivity index (χ1n) is 9.37. The molecule has 1 saturated heterocycles. The van der Waals surface area contributed by atoms with Gasteiger partial charge in [0, 0.05) is 18.1 Å². The monoisotopic (exact) mass is 482 g/mol. The number of carbonyl (C=O) groups excluding carboxylic acids is 2. The molecule has 0 atom stereocenters. The van der Waals surface area contributed by atoms with Crippen LogP contribution in [0.2, 0.25) is 10.0 Å². The van der Waals surface area contributed by atoms with E-state index in [-0.39, 0.29) is 27.9 Å². The highest BCUT2D eigenvalue weighted by Gasteiger charge is 2.28. The molecule has 0 bridgehead atoms. The van der Waals surface area contributed by atoms with E-state index < -0.39 is 22.6 Å². The van der Waals surface area contributed by atoms with Crippen LogP contribution in [0.3, 0.4) is 0 Å². The Morgan fingerprint density at radius 1 is 1.13 bits per heavy atom. The predicted molar refractivity (Wildman–Crippen MR) is 119 cm³/mol. The lowest BCUT2D eigenvalue weighted by atomic mass is 10.2. The number of ether oxygens (including phenoxy) is 1. The number of anilines is 1. The van der Waals surface area contributed by atoms with Crippen molar-refractivity contribution in [1.82, 2.24) is 4.90 Å². The van der Waals surface area contributed by atoms with Gasteiger partial charge < -0.3 is 9.64 Å². The Labute approximate surface area is 190 Å². The van der Waals surface area contributed by atoms with Crippen LogP contribution in [0.5, 0.6) is 0 Å². The van der Waals surface area contributed by atoms with Gasteiger partial charge in [0.05, 0.1) is 22.8 Å². The molecule has 0 spiro atoms. The van der Waals surface area contributed by atoms with E-state index in [1.165, 1.54) is 18.2 Å². The van der Waals surface area contributed by atoms with Gasteiger partial charge in [-0.25, -0.2) is 13.2 Å². The summed E-state index contributed by atoms with van der Waals surface area (Å²) in [5.74, 6) is -1.11. The number of benzene rings is 2. The second-order valence-corrected chi connectivity index (χ2v) is 9.43. The molecule has 1 amide bonds. The van der Waals surface area contributed by atoms with Crippen LogP contribution < -0.4 is 4.31 Å². The molecule has 164 valence electrons. The molecule has 1 aliphatic rings. The molecule has 3 rings (SSSR count). The highest BCUT2D eigenvalue weighted by Crippen LogP contribution is 2.30. The maximum atomic E-state index is 13.4. The second kappa shape index (κ2) is 9.72. The molecule has 7 nitrogen and oxygen atoms in total. The minimum Gasteiger partial charge on any atom is -0.452 e. The highest BCUT2D eigenvalue weighted by atomic mass is 35.5. The van der Waals surface area contributed by atoms with Crippen molar-refractivity contribution in [2.75, 3.05) is 30.5 Å². The zero-order valence-corrected chi connectivity index (χ0v) is 18.8.